The highest BCUT2D eigenvalue weighted by Gasteiger charge is 2.10. The van der Waals surface area contributed by atoms with Crippen molar-refractivity contribution in [1.82, 2.24) is 0 Å². The molecule has 0 aliphatic rings. The minimum Gasteiger partial charge on any atom is -0.462 e. The second-order valence-electron chi connectivity index (χ2n) is 2.80. The van der Waals surface area contributed by atoms with Crippen molar-refractivity contribution in [3.05, 3.63) is 34.9 Å². The van der Waals surface area contributed by atoms with Crippen LogP contribution >= 0.6 is 43.5 Å². The van der Waals surface area contributed by atoms with Crippen LogP contribution in [0, 0.1) is 0 Å². The summed E-state index contributed by atoms with van der Waals surface area (Å²) in [6.45, 7) is 0.352. The third-order valence-electron chi connectivity index (χ3n) is 1.66. The molecule has 1 aromatic carbocycles. The topological polar surface area (TPSA) is 26.3 Å². The number of rotatable bonds is 4. The second-order valence-corrected chi connectivity index (χ2v) is 6.64. The second kappa shape index (κ2) is 6.51. The summed E-state index contributed by atoms with van der Waals surface area (Å²) in [5.41, 5.74) is 0.403. The first-order valence-electron chi connectivity index (χ1n) is 4.31. The van der Waals surface area contributed by atoms with E-state index in [0.717, 1.165) is 0 Å². The average molecular weight is 356 g/mol. The number of carbonyl (C=O) groups excluding carboxylic acids is 1. The lowest BCUT2D eigenvalue weighted by atomic mass is 10.2. The highest BCUT2D eigenvalue weighted by molar-refractivity contribution is 9.24. The summed E-state index contributed by atoms with van der Waals surface area (Å²) in [6.07, 6.45) is 0.705. The van der Waals surface area contributed by atoms with Gasteiger partial charge in [0, 0.05) is 6.42 Å². The van der Waals surface area contributed by atoms with Crippen LogP contribution < -0.4 is 0 Å². The Morgan fingerprint density at radius 1 is 1.40 bits per heavy atom. The molecule has 5 heteroatoms. The van der Waals surface area contributed by atoms with E-state index in [0.29, 0.717) is 23.6 Å². The van der Waals surface area contributed by atoms with Crippen molar-refractivity contribution in [1.29, 1.82) is 0 Å². The van der Waals surface area contributed by atoms with Gasteiger partial charge < -0.3 is 4.74 Å². The van der Waals surface area contributed by atoms with Crippen LogP contribution in [0.4, 0.5) is 0 Å². The zero-order valence-electron chi connectivity index (χ0n) is 7.75. The molecule has 0 saturated heterocycles. The minimum absolute atomic E-state index is 0.157. The first-order valence-corrected chi connectivity index (χ1v) is 6.52. The molecule has 82 valence electrons. The quantitative estimate of drug-likeness (QED) is 0.602. The third kappa shape index (κ3) is 4.53. The molecular weight excluding hydrogens is 347 g/mol. The van der Waals surface area contributed by atoms with Crippen LogP contribution in [0.5, 0.6) is 0 Å². The number of hydrogen-bond acceptors (Lipinski definition) is 2. The zero-order valence-corrected chi connectivity index (χ0v) is 11.7. The van der Waals surface area contributed by atoms with Crippen molar-refractivity contribution in [2.24, 2.45) is 0 Å². The van der Waals surface area contributed by atoms with Crippen LogP contribution in [0.25, 0.3) is 0 Å². The van der Waals surface area contributed by atoms with Gasteiger partial charge in [-0.05, 0) is 12.1 Å². The molecule has 0 aliphatic carbocycles. The summed E-state index contributed by atoms with van der Waals surface area (Å²) in [4.78, 5) is 11.5. The number of ether oxygens (including phenoxy) is 1. The molecule has 0 spiro atoms. The van der Waals surface area contributed by atoms with Crippen LogP contribution in [0.3, 0.4) is 0 Å². The summed E-state index contributed by atoms with van der Waals surface area (Å²) in [7, 11) is 0. The molecule has 0 aromatic heterocycles. The fraction of sp³-hybridized carbons (Fsp3) is 0.300. The Labute approximate surface area is 110 Å². The largest absolute Gasteiger partial charge is 0.462 e. The minimum atomic E-state index is -0.388. The number of benzene rings is 1. The van der Waals surface area contributed by atoms with Crippen LogP contribution in [0.2, 0.25) is 5.02 Å². The van der Waals surface area contributed by atoms with Gasteiger partial charge in [-0.1, -0.05) is 55.6 Å². The van der Waals surface area contributed by atoms with Gasteiger partial charge in [-0.3, -0.25) is 0 Å². The molecule has 1 rings (SSSR count). The van der Waals surface area contributed by atoms with Crippen molar-refractivity contribution in [3.8, 4) is 0 Å². The first kappa shape index (κ1) is 13.0. The van der Waals surface area contributed by atoms with Crippen LogP contribution in [0.1, 0.15) is 16.8 Å². The summed E-state index contributed by atoms with van der Waals surface area (Å²) < 4.78 is 5.19. The summed E-state index contributed by atoms with van der Waals surface area (Å²) in [5.74, 6) is -0.388. The highest BCUT2D eigenvalue weighted by atomic mass is 79.9. The lowest BCUT2D eigenvalue weighted by Gasteiger charge is -2.06. The van der Waals surface area contributed by atoms with Gasteiger partial charge in [-0.15, -0.1) is 0 Å². The summed E-state index contributed by atoms with van der Waals surface area (Å²) in [6, 6.07) is 6.83. The Hall–Kier alpha value is -0.0600. The van der Waals surface area contributed by atoms with Gasteiger partial charge in [0.25, 0.3) is 0 Å². The third-order valence-corrected chi connectivity index (χ3v) is 2.91. The fourth-order valence-corrected chi connectivity index (χ4v) is 1.53. The maximum Gasteiger partial charge on any atom is 0.339 e. The summed E-state index contributed by atoms with van der Waals surface area (Å²) in [5, 5.41) is 0.414. The predicted octanol–water partition coefficient (Wildman–Crippen LogP) is 4.00. The Kier molecular flexibility index (Phi) is 5.64. The molecule has 0 N–H and O–H groups in total. The molecule has 1 aromatic rings. The molecule has 0 unspecified atom stereocenters. The molecule has 0 atom stereocenters. The predicted molar refractivity (Wildman–Crippen MR) is 68.0 cm³/mol. The molecule has 2 nitrogen and oxygen atoms in total. The average Bonchev–Trinajstić information content (AvgIpc) is 2.17. The van der Waals surface area contributed by atoms with Crippen molar-refractivity contribution in [2.45, 2.75) is 10.2 Å². The van der Waals surface area contributed by atoms with Gasteiger partial charge in [0.1, 0.15) is 0 Å². The SMILES string of the molecule is O=C(OCCC(Br)Br)c1ccccc1Cl. The smallest absolute Gasteiger partial charge is 0.339 e. The Bertz CT molecular complexity index is 342. The highest BCUT2D eigenvalue weighted by Crippen LogP contribution is 2.17. The molecule has 0 bridgehead atoms. The van der Waals surface area contributed by atoms with Gasteiger partial charge >= 0.3 is 5.97 Å². The van der Waals surface area contributed by atoms with Gasteiger partial charge in [0.2, 0.25) is 0 Å². The monoisotopic (exact) mass is 354 g/mol. The molecule has 15 heavy (non-hydrogen) atoms. The Balaban J connectivity index is 2.51. The lowest BCUT2D eigenvalue weighted by Crippen LogP contribution is -2.08. The van der Waals surface area contributed by atoms with Crippen LogP contribution in [-0.4, -0.2) is 16.3 Å². The van der Waals surface area contributed by atoms with Gasteiger partial charge in [0.15, 0.2) is 0 Å². The van der Waals surface area contributed by atoms with E-state index in [-0.39, 0.29) is 9.71 Å². The van der Waals surface area contributed by atoms with Crippen molar-refractivity contribution < 1.29 is 9.53 Å². The van der Waals surface area contributed by atoms with E-state index in [1.807, 2.05) is 0 Å². The maximum atomic E-state index is 11.5. The first-order chi connectivity index (χ1) is 7.11. The zero-order chi connectivity index (χ0) is 11.3. The maximum absolute atomic E-state index is 11.5. The van der Waals surface area contributed by atoms with Crippen LogP contribution in [-0.2, 0) is 4.74 Å². The number of alkyl halides is 2. The van der Waals surface area contributed by atoms with Crippen molar-refractivity contribution >= 4 is 49.4 Å². The van der Waals surface area contributed by atoms with Crippen LogP contribution in [0.15, 0.2) is 24.3 Å². The fourth-order valence-electron chi connectivity index (χ4n) is 0.945. The van der Waals surface area contributed by atoms with E-state index in [1.54, 1.807) is 24.3 Å². The molecule has 0 amide bonds. The van der Waals surface area contributed by atoms with Gasteiger partial charge in [-0.25, -0.2) is 4.79 Å². The molecule has 0 radical (unpaired) electrons. The number of halogens is 3. The molecule has 0 saturated carbocycles. The van der Waals surface area contributed by atoms with E-state index >= 15 is 0 Å². The number of carbonyl (C=O) groups is 1. The summed E-state index contributed by atoms with van der Waals surface area (Å²) >= 11 is 12.4. The standard InChI is InChI=1S/C10H9Br2ClO2/c11-9(12)5-6-15-10(14)7-3-1-2-4-8(7)13/h1-4,9H,5-6H2. The number of hydrogen-bond donors (Lipinski definition) is 0. The number of esters is 1. The van der Waals surface area contributed by atoms with E-state index < -0.39 is 0 Å². The van der Waals surface area contributed by atoms with Crippen molar-refractivity contribution in [2.75, 3.05) is 6.61 Å². The molecule has 0 aliphatic heterocycles. The van der Waals surface area contributed by atoms with Gasteiger partial charge in [-0.2, -0.15) is 0 Å². The Morgan fingerprint density at radius 2 is 2.07 bits per heavy atom. The van der Waals surface area contributed by atoms with Gasteiger partial charge in [0.05, 0.1) is 20.9 Å². The molecule has 0 fully saturated rings. The van der Waals surface area contributed by atoms with E-state index in [2.05, 4.69) is 31.9 Å². The molecule has 0 heterocycles. The lowest BCUT2D eigenvalue weighted by molar-refractivity contribution is 0.0505. The Morgan fingerprint density at radius 3 is 2.67 bits per heavy atom. The van der Waals surface area contributed by atoms with Crippen molar-refractivity contribution in [3.63, 3.8) is 0 Å². The van der Waals surface area contributed by atoms with E-state index in [9.17, 15) is 4.79 Å². The normalized spacial score (nSPS) is 10.4. The molecular formula is C10H9Br2ClO2. The van der Waals surface area contributed by atoms with E-state index in [4.69, 9.17) is 16.3 Å². The van der Waals surface area contributed by atoms with E-state index in [1.165, 1.54) is 0 Å².